The number of anilines is 2. The molecule has 3 rings (SSSR count). The minimum atomic E-state index is -0.669. The summed E-state index contributed by atoms with van der Waals surface area (Å²) in [6.45, 7) is 3.17. The second-order valence-electron chi connectivity index (χ2n) is 5.68. The van der Waals surface area contributed by atoms with E-state index in [-0.39, 0.29) is 5.91 Å². The number of amides is 3. The highest BCUT2D eigenvalue weighted by Gasteiger charge is 2.32. The summed E-state index contributed by atoms with van der Waals surface area (Å²) in [5, 5.41) is 5.17. The fraction of sp³-hybridized carbons (Fsp3) is 0.438. The zero-order valence-electron chi connectivity index (χ0n) is 12.6. The van der Waals surface area contributed by atoms with Gasteiger partial charge in [-0.1, -0.05) is 6.92 Å². The van der Waals surface area contributed by atoms with E-state index in [1.54, 1.807) is 6.07 Å². The molecule has 0 radical (unpaired) electrons. The molecule has 1 aromatic rings. The lowest BCUT2D eigenvalue weighted by molar-refractivity contribution is -0.136. The van der Waals surface area contributed by atoms with Crippen LogP contribution in [-0.4, -0.2) is 30.8 Å². The lowest BCUT2D eigenvalue weighted by atomic mass is 9.99. The first-order valence-corrected chi connectivity index (χ1v) is 7.65. The molecule has 2 aliphatic rings. The standard InChI is InChI=1S/C16H19N3O3/c1-2-5-17-15(21)16(22)18-12-7-10-4-3-6-19-13(20)9-11(8-12)14(10)19/h7-8H,2-6,9H2,1H3,(H,17,21)(H,18,22). The Hall–Kier alpha value is -2.37. The number of carbonyl (C=O) groups is 3. The molecule has 6 heteroatoms. The summed E-state index contributed by atoms with van der Waals surface area (Å²) in [4.78, 5) is 37.3. The van der Waals surface area contributed by atoms with Gasteiger partial charge in [-0.25, -0.2) is 0 Å². The Kier molecular flexibility index (Phi) is 3.83. The molecular weight excluding hydrogens is 282 g/mol. The molecule has 0 aliphatic carbocycles. The maximum absolute atomic E-state index is 12.0. The van der Waals surface area contributed by atoms with Crippen LogP contribution in [0.3, 0.4) is 0 Å². The molecule has 1 aromatic carbocycles. The summed E-state index contributed by atoms with van der Waals surface area (Å²) < 4.78 is 0. The molecule has 0 unspecified atom stereocenters. The zero-order chi connectivity index (χ0) is 15.7. The largest absolute Gasteiger partial charge is 0.348 e. The van der Waals surface area contributed by atoms with Gasteiger partial charge in [0.05, 0.1) is 12.1 Å². The lowest BCUT2D eigenvalue weighted by Crippen LogP contribution is -2.35. The van der Waals surface area contributed by atoms with Crippen molar-refractivity contribution in [2.75, 3.05) is 23.3 Å². The molecule has 2 N–H and O–H groups in total. The van der Waals surface area contributed by atoms with Gasteiger partial charge in [0, 0.05) is 18.8 Å². The van der Waals surface area contributed by atoms with Crippen LogP contribution < -0.4 is 15.5 Å². The van der Waals surface area contributed by atoms with E-state index in [1.165, 1.54) is 0 Å². The summed E-state index contributed by atoms with van der Waals surface area (Å²) in [6.07, 6.45) is 2.96. The van der Waals surface area contributed by atoms with Gasteiger partial charge in [-0.15, -0.1) is 0 Å². The van der Waals surface area contributed by atoms with E-state index in [1.807, 2.05) is 17.9 Å². The van der Waals surface area contributed by atoms with E-state index < -0.39 is 11.8 Å². The molecule has 0 saturated heterocycles. The number of nitrogens with one attached hydrogen (secondary N) is 2. The molecule has 2 aliphatic heterocycles. The van der Waals surface area contributed by atoms with Crippen molar-refractivity contribution >= 4 is 29.1 Å². The van der Waals surface area contributed by atoms with Crippen LogP contribution in [0.15, 0.2) is 12.1 Å². The minimum absolute atomic E-state index is 0.111. The Morgan fingerprint density at radius 2 is 2.00 bits per heavy atom. The van der Waals surface area contributed by atoms with Gasteiger partial charge in [-0.2, -0.15) is 0 Å². The fourth-order valence-corrected chi connectivity index (χ4v) is 3.06. The topological polar surface area (TPSA) is 78.5 Å². The van der Waals surface area contributed by atoms with Crippen molar-refractivity contribution in [3.63, 3.8) is 0 Å². The van der Waals surface area contributed by atoms with E-state index >= 15 is 0 Å². The monoisotopic (exact) mass is 301 g/mol. The molecule has 2 heterocycles. The molecule has 0 atom stereocenters. The molecule has 0 aromatic heterocycles. The van der Waals surface area contributed by atoms with Crippen LogP contribution in [0.5, 0.6) is 0 Å². The van der Waals surface area contributed by atoms with Crippen molar-refractivity contribution in [2.45, 2.75) is 32.6 Å². The quantitative estimate of drug-likeness (QED) is 0.817. The van der Waals surface area contributed by atoms with Crippen LogP contribution in [-0.2, 0) is 27.2 Å². The van der Waals surface area contributed by atoms with Gasteiger partial charge in [0.15, 0.2) is 0 Å². The molecule has 0 bridgehead atoms. The van der Waals surface area contributed by atoms with Crippen LogP contribution in [0.25, 0.3) is 0 Å². The van der Waals surface area contributed by atoms with Crippen molar-refractivity contribution in [1.29, 1.82) is 0 Å². The van der Waals surface area contributed by atoms with Gasteiger partial charge in [-0.3, -0.25) is 14.4 Å². The van der Waals surface area contributed by atoms with E-state index in [2.05, 4.69) is 10.6 Å². The number of nitrogens with zero attached hydrogens (tertiary/aromatic N) is 1. The molecule has 0 fully saturated rings. The molecule has 6 nitrogen and oxygen atoms in total. The maximum atomic E-state index is 12.0. The number of carbonyl (C=O) groups excluding carboxylic acids is 3. The molecule has 0 saturated carbocycles. The van der Waals surface area contributed by atoms with Crippen LogP contribution in [0.4, 0.5) is 11.4 Å². The lowest BCUT2D eigenvalue weighted by Gasteiger charge is -2.26. The molecule has 22 heavy (non-hydrogen) atoms. The highest BCUT2D eigenvalue weighted by Crippen LogP contribution is 2.38. The van der Waals surface area contributed by atoms with E-state index in [4.69, 9.17) is 0 Å². The summed E-state index contributed by atoms with van der Waals surface area (Å²) in [5.41, 5.74) is 3.59. The van der Waals surface area contributed by atoms with Gasteiger partial charge < -0.3 is 15.5 Å². The van der Waals surface area contributed by atoms with E-state index in [9.17, 15) is 14.4 Å². The minimum Gasteiger partial charge on any atom is -0.348 e. The van der Waals surface area contributed by atoms with Gasteiger partial charge in [-0.05, 0) is 42.5 Å². The Bertz CT molecular complexity index is 654. The summed E-state index contributed by atoms with van der Waals surface area (Å²) in [6, 6.07) is 3.67. The van der Waals surface area contributed by atoms with Gasteiger partial charge in [0.1, 0.15) is 0 Å². The third-order valence-electron chi connectivity index (χ3n) is 4.01. The second-order valence-corrected chi connectivity index (χ2v) is 5.68. The third-order valence-corrected chi connectivity index (χ3v) is 4.01. The normalized spacial score (nSPS) is 15.5. The number of aryl methyl sites for hydroxylation is 1. The second kappa shape index (κ2) is 5.79. The molecular formula is C16H19N3O3. The Morgan fingerprint density at radius 1 is 1.23 bits per heavy atom. The molecule has 116 valence electrons. The number of hydrogen-bond donors (Lipinski definition) is 2. The SMILES string of the molecule is CCCNC(=O)C(=O)Nc1cc2c3c(c1)CC(=O)N3CCC2. The Morgan fingerprint density at radius 3 is 2.77 bits per heavy atom. The molecule has 0 spiro atoms. The van der Waals surface area contributed by atoms with Crippen molar-refractivity contribution in [2.24, 2.45) is 0 Å². The Labute approximate surface area is 128 Å². The highest BCUT2D eigenvalue weighted by molar-refractivity contribution is 6.39. The zero-order valence-corrected chi connectivity index (χ0v) is 12.6. The average Bonchev–Trinajstić information content (AvgIpc) is 2.82. The summed E-state index contributed by atoms with van der Waals surface area (Å²) in [5.74, 6) is -1.19. The van der Waals surface area contributed by atoms with Gasteiger partial charge >= 0.3 is 11.8 Å². The number of rotatable bonds is 3. The predicted molar refractivity (Wildman–Crippen MR) is 82.8 cm³/mol. The third kappa shape index (κ3) is 2.56. The first-order chi connectivity index (χ1) is 10.6. The van der Waals surface area contributed by atoms with Gasteiger partial charge in [0.25, 0.3) is 0 Å². The van der Waals surface area contributed by atoms with Crippen LogP contribution in [0.2, 0.25) is 0 Å². The Balaban J connectivity index is 1.80. The summed E-state index contributed by atoms with van der Waals surface area (Å²) in [7, 11) is 0. The van der Waals surface area contributed by atoms with Crippen LogP contribution in [0.1, 0.15) is 30.9 Å². The van der Waals surface area contributed by atoms with Gasteiger partial charge in [0.2, 0.25) is 5.91 Å². The van der Waals surface area contributed by atoms with Crippen LogP contribution >= 0.6 is 0 Å². The van der Waals surface area contributed by atoms with Crippen molar-refractivity contribution in [3.05, 3.63) is 23.3 Å². The first kappa shape index (κ1) is 14.6. The maximum Gasteiger partial charge on any atom is 0.313 e. The van der Waals surface area contributed by atoms with E-state index in [0.717, 1.165) is 42.6 Å². The van der Waals surface area contributed by atoms with Crippen molar-refractivity contribution in [1.82, 2.24) is 5.32 Å². The predicted octanol–water partition coefficient (Wildman–Crippen LogP) is 0.987. The number of hydrogen-bond acceptors (Lipinski definition) is 3. The number of benzene rings is 1. The molecule has 3 amide bonds. The smallest absolute Gasteiger partial charge is 0.313 e. The fourth-order valence-electron chi connectivity index (χ4n) is 3.06. The van der Waals surface area contributed by atoms with Crippen molar-refractivity contribution in [3.8, 4) is 0 Å². The first-order valence-electron chi connectivity index (χ1n) is 7.65. The van der Waals surface area contributed by atoms with E-state index in [0.29, 0.717) is 18.7 Å². The highest BCUT2D eigenvalue weighted by atomic mass is 16.2. The average molecular weight is 301 g/mol. The van der Waals surface area contributed by atoms with Crippen LogP contribution in [0, 0.1) is 0 Å². The van der Waals surface area contributed by atoms with Crippen molar-refractivity contribution < 1.29 is 14.4 Å². The summed E-state index contributed by atoms with van der Waals surface area (Å²) >= 11 is 0.